The molecule has 0 aromatic carbocycles. The standard InChI is InChI=1S/C16H23NO3S/c1-11(16(19)20)6-5-9-17-15(18)14-10-12-7-3-2-4-8-13(12)21-14/h10-11H,2-9H2,1H3,(H,17,18)(H,19,20). The molecular formula is C16H23NO3S. The van der Waals surface area contributed by atoms with Crippen molar-refractivity contribution >= 4 is 23.2 Å². The average Bonchev–Trinajstić information content (AvgIpc) is 2.74. The minimum atomic E-state index is -0.775. The number of carbonyl (C=O) groups is 2. The molecule has 0 aliphatic heterocycles. The molecule has 21 heavy (non-hydrogen) atoms. The van der Waals surface area contributed by atoms with Gasteiger partial charge in [0, 0.05) is 11.4 Å². The zero-order valence-corrected chi connectivity index (χ0v) is 13.3. The van der Waals surface area contributed by atoms with Gasteiger partial charge in [-0.15, -0.1) is 11.3 Å². The summed E-state index contributed by atoms with van der Waals surface area (Å²) in [4.78, 5) is 25.0. The highest BCUT2D eigenvalue weighted by Crippen LogP contribution is 2.28. The number of fused-ring (bicyclic) bond motifs is 1. The summed E-state index contributed by atoms with van der Waals surface area (Å²) in [5.74, 6) is -1.14. The highest BCUT2D eigenvalue weighted by atomic mass is 32.1. The molecule has 0 bridgehead atoms. The number of hydrogen-bond acceptors (Lipinski definition) is 3. The molecule has 0 saturated carbocycles. The number of carboxylic acid groups (broad SMARTS) is 1. The first-order chi connectivity index (χ1) is 10.1. The first kappa shape index (κ1) is 16.0. The maximum absolute atomic E-state index is 12.1. The monoisotopic (exact) mass is 309 g/mol. The van der Waals surface area contributed by atoms with Crippen LogP contribution in [-0.2, 0) is 17.6 Å². The van der Waals surface area contributed by atoms with Crippen LogP contribution in [0.2, 0.25) is 0 Å². The molecule has 116 valence electrons. The average molecular weight is 309 g/mol. The number of rotatable bonds is 6. The molecule has 2 N–H and O–H groups in total. The molecule has 1 aliphatic carbocycles. The third kappa shape index (κ3) is 4.56. The van der Waals surface area contributed by atoms with E-state index >= 15 is 0 Å². The Morgan fingerprint density at radius 1 is 1.33 bits per heavy atom. The van der Waals surface area contributed by atoms with Crippen molar-refractivity contribution in [2.24, 2.45) is 5.92 Å². The minimum absolute atomic E-state index is 0.0175. The van der Waals surface area contributed by atoms with Crippen molar-refractivity contribution in [1.29, 1.82) is 0 Å². The topological polar surface area (TPSA) is 66.4 Å². The Morgan fingerprint density at radius 2 is 2.10 bits per heavy atom. The van der Waals surface area contributed by atoms with E-state index in [4.69, 9.17) is 5.11 Å². The van der Waals surface area contributed by atoms with Crippen LogP contribution in [0, 0.1) is 5.92 Å². The van der Waals surface area contributed by atoms with E-state index in [2.05, 4.69) is 5.32 Å². The van der Waals surface area contributed by atoms with E-state index in [0.29, 0.717) is 19.4 Å². The van der Waals surface area contributed by atoms with Crippen LogP contribution in [0.4, 0.5) is 0 Å². The van der Waals surface area contributed by atoms with Crippen molar-refractivity contribution in [2.75, 3.05) is 6.54 Å². The Morgan fingerprint density at radius 3 is 2.86 bits per heavy atom. The van der Waals surface area contributed by atoms with Gasteiger partial charge in [0.25, 0.3) is 5.91 Å². The maximum Gasteiger partial charge on any atom is 0.306 e. The largest absolute Gasteiger partial charge is 0.481 e. The van der Waals surface area contributed by atoms with Crippen LogP contribution in [0.15, 0.2) is 6.07 Å². The molecule has 2 rings (SSSR count). The Hall–Kier alpha value is -1.36. The van der Waals surface area contributed by atoms with Crippen molar-refractivity contribution in [3.63, 3.8) is 0 Å². The molecule has 1 atom stereocenters. The number of aliphatic carboxylic acids is 1. The van der Waals surface area contributed by atoms with Crippen molar-refractivity contribution in [3.8, 4) is 0 Å². The summed E-state index contributed by atoms with van der Waals surface area (Å²) in [6, 6.07) is 2.04. The van der Waals surface area contributed by atoms with Gasteiger partial charge in [0.15, 0.2) is 0 Å². The van der Waals surface area contributed by atoms with E-state index < -0.39 is 5.97 Å². The number of thiophene rings is 1. The van der Waals surface area contributed by atoms with Crippen LogP contribution in [0.25, 0.3) is 0 Å². The summed E-state index contributed by atoms with van der Waals surface area (Å²) >= 11 is 1.62. The smallest absolute Gasteiger partial charge is 0.306 e. The highest BCUT2D eigenvalue weighted by molar-refractivity contribution is 7.14. The van der Waals surface area contributed by atoms with Gasteiger partial charge in [-0.25, -0.2) is 0 Å². The summed E-state index contributed by atoms with van der Waals surface area (Å²) in [6.45, 7) is 2.24. The second-order valence-electron chi connectivity index (χ2n) is 5.76. The fourth-order valence-corrected chi connectivity index (χ4v) is 3.77. The Bertz CT molecular complexity index is 486. The second kappa shape index (κ2) is 7.59. The van der Waals surface area contributed by atoms with Gasteiger partial charge < -0.3 is 10.4 Å². The van der Waals surface area contributed by atoms with Gasteiger partial charge in [-0.3, -0.25) is 9.59 Å². The molecule has 0 radical (unpaired) electrons. The van der Waals surface area contributed by atoms with Crippen molar-refractivity contribution < 1.29 is 14.7 Å². The zero-order chi connectivity index (χ0) is 15.2. The van der Waals surface area contributed by atoms with E-state index in [9.17, 15) is 9.59 Å². The van der Waals surface area contributed by atoms with Gasteiger partial charge in [-0.05, 0) is 50.2 Å². The lowest BCUT2D eigenvalue weighted by Crippen LogP contribution is -2.24. The maximum atomic E-state index is 12.1. The quantitative estimate of drug-likeness (QED) is 0.626. The molecule has 5 heteroatoms. The normalized spacial score (nSPS) is 15.9. The Kier molecular flexibility index (Phi) is 5.79. The van der Waals surface area contributed by atoms with E-state index in [1.54, 1.807) is 18.3 Å². The number of carboxylic acids is 1. The molecule has 1 aliphatic rings. The van der Waals surface area contributed by atoms with Crippen LogP contribution < -0.4 is 5.32 Å². The lowest BCUT2D eigenvalue weighted by atomic mass is 10.1. The summed E-state index contributed by atoms with van der Waals surface area (Å²) in [5.41, 5.74) is 1.35. The van der Waals surface area contributed by atoms with Gasteiger partial charge in [0.2, 0.25) is 0 Å². The van der Waals surface area contributed by atoms with Crippen molar-refractivity contribution in [3.05, 3.63) is 21.4 Å². The van der Waals surface area contributed by atoms with E-state index in [1.165, 1.54) is 29.7 Å². The predicted octanol–water partition coefficient (Wildman–Crippen LogP) is 3.25. The van der Waals surface area contributed by atoms with Crippen molar-refractivity contribution in [1.82, 2.24) is 5.32 Å². The first-order valence-corrected chi connectivity index (χ1v) is 8.52. The second-order valence-corrected chi connectivity index (χ2v) is 6.89. The predicted molar refractivity (Wildman–Crippen MR) is 83.9 cm³/mol. The molecule has 1 amide bonds. The summed E-state index contributed by atoms with van der Waals surface area (Å²) in [7, 11) is 0. The Labute approximate surface area is 129 Å². The lowest BCUT2D eigenvalue weighted by Gasteiger charge is -2.06. The minimum Gasteiger partial charge on any atom is -0.481 e. The van der Waals surface area contributed by atoms with Crippen LogP contribution in [0.5, 0.6) is 0 Å². The Balaban J connectivity index is 1.80. The van der Waals surface area contributed by atoms with E-state index in [0.717, 1.165) is 17.7 Å². The number of aryl methyl sites for hydroxylation is 2. The lowest BCUT2D eigenvalue weighted by molar-refractivity contribution is -0.141. The molecular weight excluding hydrogens is 286 g/mol. The summed E-state index contributed by atoms with van der Waals surface area (Å²) < 4.78 is 0. The number of carbonyl (C=O) groups excluding carboxylic acids is 1. The molecule has 1 heterocycles. The van der Waals surface area contributed by atoms with Crippen LogP contribution in [-0.4, -0.2) is 23.5 Å². The fourth-order valence-electron chi connectivity index (χ4n) is 2.60. The first-order valence-electron chi connectivity index (χ1n) is 7.70. The molecule has 0 spiro atoms. The van der Waals surface area contributed by atoms with Crippen LogP contribution in [0.3, 0.4) is 0 Å². The molecule has 4 nitrogen and oxygen atoms in total. The highest BCUT2D eigenvalue weighted by Gasteiger charge is 2.16. The van der Waals surface area contributed by atoms with Crippen molar-refractivity contribution in [2.45, 2.75) is 51.9 Å². The SMILES string of the molecule is CC(CCCNC(=O)c1cc2c(s1)CCCCC2)C(=O)O. The van der Waals surface area contributed by atoms with E-state index in [-0.39, 0.29) is 11.8 Å². The molecule has 1 aromatic rings. The molecule has 1 unspecified atom stereocenters. The van der Waals surface area contributed by atoms with E-state index in [1.807, 2.05) is 6.07 Å². The number of amides is 1. The van der Waals surface area contributed by atoms with Gasteiger partial charge in [0.05, 0.1) is 10.8 Å². The van der Waals surface area contributed by atoms with Crippen LogP contribution >= 0.6 is 11.3 Å². The third-order valence-corrected chi connectivity index (χ3v) is 5.23. The van der Waals surface area contributed by atoms with Crippen LogP contribution in [0.1, 0.15) is 59.1 Å². The summed E-state index contributed by atoms with van der Waals surface area (Å²) in [6.07, 6.45) is 7.21. The molecule has 0 fully saturated rings. The zero-order valence-electron chi connectivity index (χ0n) is 12.5. The van der Waals surface area contributed by atoms with Gasteiger partial charge in [-0.2, -0.15) is 0 Å². The number of nitrogens with one attached hydrogen (secondary N) is 1. The summed E-state index contributed by atoms with van der Waals surface area (Å²) in [5, 5.41) is 11.7. The number of hydrogen-bond donors (Lipinski definition) is 2. The van der Waals surface area contributed by atoms with Gasteiger partial charge >= 0.3 is 5.97 Å². The van der Waals surface area contributed by atoms with Gasteiger partial charge in [-0.1, -0.05) is 13.3 Å². The third-order valence-electron chi connectivity index (χ3n) is 3.99. The molecule has 0 saturated heterocycles. The van der Waals surface area contributed by atoms with Gasteiger partial charge in [0.1, 0.15) is 0 Å². The molecule has 1 aromatic heterocycles. The fraction of sp³-hybridized carbons (Fsp3) is 0.625.